The van der Waals surface area contributed by atoms with Gasteiger partial charge in [0.25, 0.3) is 0 Å². The van der Waals surface area contributed by atoms with Gasteiger partial charge in [0, 0.05) is 6.54 Å². The van der Waals surface area contributed by atoms with Gasteiger partial charge in [0.1, 0.15) is 0 Å². The Morgan fingerprint density at radius 2 is 1.86 bits per heavy atom. The van der Waals surface area contributed by atoms with E-state index in [2.05, 4.69) is 56.1 Å². The Kier molecular flexibility index (Phi) is 4.68. The number of benzene rings is 1. The average Bonchev–Trinajstić information content (AvgIpc) is 2.19. The second-order valence-corrected chi connectivity index (χ2v) is 4.15. The van der Waals surface area contributed by atoms with E-state index in [9.17, 15) is 0 Å². The minimum atomic E-state index is 0.738. The molecule has 1 heteroatoms. The third-order valence-electron chi connectivity index (χ3n) is 2.59. The van der Waals surface area contributed by atoms with Gasteiger partial charge in [-0.05, 0) is 31.5 Å². The minimum Gasteiger partial charge on any atom is -0.306 e. The van der Waals surface area contributed by atoms with Crippen LogP contribution in [0.25, 0.3) is 0 Å². The summed E-state index contributed by atoms with van der Waals surface area (Å²) in [4.78, 5) is 2.37. The van der Waals surface area contributed by atoms with Crippen molar-refractivity contribution in [3.05, 3.63) is 35.9 Å². The van der Waals surface area contributed by atoms with Gasteiger partial charge < -0.3 is 4.90 Å². The van der Waals surface area contributed by atoms with Crippen LogP contribution in [-0.4, -0.2) is 25.0 Å². The molecule has 0 aliphatic rings. The van der Waals surface area contributed by atoms with Crippen LogP contribution in [0.15, 0.2) is 30.3 Å². The summed E-state index contributed by atoms with van der Waals surface area (Å²) in [7, 11) is 2.18. The van der Waals surface area contributed by atoms with Gasteiger partial charge in [0.05, 0.1) is 0 Å². The quantitative estimate of drug-likeness (QED) is 0.691. The Morgan fingerprint density at radius 3 is 2.43 bits per heavy atom. The number of rotatable bonds is 5. The molecule has 14 heavy (non-hydrogen) atoms. The fraction of sp³-hybridized carbons (Fsp3) is 0.538. The summed E-state index contributed by atoms with van der Waals surface area (Å²) in [5, 5.41) is 0. The van der Waals surface area contributed by atoms with Crippen molar-refractivity contribution in [2.45, 2.75) is 20.3 Å². The predicted octanol–water partition coefficient (Wildman–Crippen LogP) is 2.82. The molecule has 0 heterocycles. The first-order valence-electron chi connectivity index (χ1n) is 5.44. The van der Waals surface area contributed by atoms with E-state index >= 15 is 0 Å². The van der Waals surface area contributed by atoms with Gasteiger partial charge in [-0.1, -0.05) is 44.2 Å². The van der Waals surface area contributed by atoms with Crippen molar-refractivity contribution in [2.75, 3.05) is 20.1 Å². The molecular formula is C13H21N. The lowest BCUT2D eigenvalue weighted by Crippen LogP contribution is -2.25. The average molecular weight is 191 g/mol. The Bertz CT molecular complexity index is 243. The largest absolute Gasteiger partial charge is 0.306 e. The van der Waals surface area contributed by atoms with Crippen molar-refractivity contribution in [3.63, 3.8) is 0 Å². The molecule has 0 saturated heterocycles. The molecule has 1 aromatic rings. The lowest BCUT2D eigenvalue weighted by Gasteiger charge is -2.19. The minimum absolute atomic E-state index is 0.738. The monoisotopic (exact) mass is 191 g/mol. The molecule has 0 spiro atoms. The van der Waals surface area contributed by atoms with Crippen LogP contribution in [0.3, 0.4) is 0 Å². The zero-order valence-corrected chi connectivity index (χ0v) is 9.53. The van der Waals surface area contributed by atoms with Crippen LogP contribution in [-0.2, 0) is 6.42 Å². The second kappa shape index (κ2) is 5.82. The van der Waals surface area contributed by atoms with Gasteiger partial charge in [-0.25, -0.2) is 0 Å². The van der Waals surface area contributed by atoms with E-state index in [1.165, 1.54) is 18.5 Å². The van der Waals surface area contributed by atoms with Crippen molar-refractivity contribution in [3.8, 4) is 0 Å². The van der Waals surface area contributed by atoms with Crippen molar-refractivity contribution < 1.29 is 0 Å². The van der Waals surface area contributed by atoms with Crippen LogP contribution in [0.4, 0.5) is 0 Å². The molecule has 1 atom stereocenters. The van der Waals surface area contributed by atoms with E-state index in [1.807, 2.05) is 0 Å². The molecule has 0 fully saturated rings. The second-order valence-electron chi connectivity index (χ2n) is 4.15. The van der Waals surface area contributed by atoms with Crippen LogP contribution in [0.2, 0.25) is 0 Å². The maximum Gasteiger partial charge on any atom is 0.000703 e. The summed E-state index contributed by atoms with van der Waals surface area (Å²) >= 11 is 0. The lowest BCUT2D eigenvalue weighted by molar-refractivity contribution is 0.298. The van der Waals surface area contributed by atoms with E-state index < -0.39 is 0 Å². The molecule has 1 nitrogen and oxygen atoms in total. The maximum atomic E-state index is 2.37. The van der Waals surface area contributed by atoms with Gasteiger partial charge in [0.15, 0.2) is 0 Å². The van der Waals surface area contributed by atoms with Gasteiger partial charge in [-0.15, -0.1) is 0 Å². The highest BCUT2D eigenvalue weighted by atomic mass is 15.1. The number of hydrogen-bond donors (Lipinski definition) is 0. The van der Waals surface area contributed by atoms with Crippen molar-refractivity contribution in [1.29, 1.82) is 0 Å². The molecule has 78 valence electrons. The standard InChI is InChI=1S/C13H21N/c1-4-14(3)11-12(2)10-13-8-6-5-7-9-13/h5-9,12H,4,10-11H2,1-3H3/t12-/m0/s1. The summed E-state index contributed by atoms with van der Waals surface area (Å²) in [6, 6.07) is 10.7. The molecule has 1 aromatic carbocycles. The molecule has 0 bridgehead atoms. The Hall–Kier alpha value is -0.820. The van der Waals surface area contributed by atoms with E-state index in [-0.39, 0.29) is 0 Å². The van der Waals surface area contributed by atoms with Gasteiger partial charge in [-0.3, -0.25) is 0 Å². The fourth-order valence-electron chi connectivity index (χ4n) is 1.74. The third-order valence-corrected chi connectivity index (χ3v) is 2.59. The molecular weight excluding hydrogens is 170 g/mol. The van der Waals surface area contributed by atoms with Gasteiger partial charge in [-0.2, -0.15) is 0 Å². The maximum absolute atomic E-state index is 2.37. The molecule has 0 aliphatic carbocycles. The van der Waals surface area contributed by atoms with Crippen molar-refractivity contribution in [2.24, 2.45) is 5.92 Å². The Labute approximate surface area is 87.7 Å². The summed E-state index contributed by atoms with van der Waals surface area (Å²) in [6.07, 6.45) is 1.19. The first kappa shape index (κ1) is 11.3. The molecule has 0 N–H and O–H groups in total. The molecule has 0 radical (unpaired) electrons. The topological polar surface area (TPSA) is 3.24 Å². The normalized spacial score (nSPS) is 13.1. The first-order chi connectivity index (χ1) is 6.72. The summed E-state index contributed by atoms with van der Waals surface area (Å²) in [5.41, 5.74) is 1.45. The van der Waals surface area contributed by atoms with Gasteiger partial charge in [0.2, 0.25) is 0 Å². The highest BCUT2D eigenvalue weighted by Crippen LogP contribution is 2.08. The van der Waals surface area contributed by atoms with Crippen LogP contribution in [0.5, 0.6) is 0 Å². The third kappa shape index (κ3) is 3.93. The van der Waals surface area contributed by atoms with Crippen molar-refractivity contribution in [1.82, 2.24) is 4.90 Å². The summed E-state index contributed by atoms with van der Waals surface area (Å²) in [6.45, 7) is 6.85. The smallest absolute Gasteiger partial charge is 0.000703 e. The number of hydrogen-bond acceptors (Lipinski definition) is 1. The zero-order chi connectivity index (χ0) is 10.4. The fourth-order valence-corrected chi connectivity index (χ4v) is 1.74. The molecule has 0 amide bonds. The van der Waals surface area contributed by atoms with Crippen LogP contribution in [0.1, 0.15) is 19.4 Å². The Morgan fingerprint density at radius 1 is 1.21 bits per heavy atom. The molecule has 0 unspecified atom stereocenters. The Balaban J connectivity index is 2.37. The zero-order valence-electron chi connectivity index (χ0n) is 9.53. The highest BCUT2D eigenvalue weighted by Gasteiger charge is 2.05. The SMILES string of the molecule is CCN(C)C[C@@H](C)Cc1ccccc1. The summed E-state index contributed by atoms with van der Waals surface area (Å²) < 4.78 is 0. The predicted molar refractivity (Wildman–Crippen MR) is 62.5 cm³/mol. The van der Waals surface area contributed by atoms with E-state index in [4.69, 9.17) is 0 Å². The van der Waals surface area contributed by atoms with Crippen LogP contribution >= 0.6 is 0 Å². The first-order valence-corrected chi connectivity index (χ1v) is 5.44. The van der Waals surface area contributed by atoms with E-state index in [1.54, 1.807) is 0 Å². The van der Waals surface area contributed by atoms with Gasteiger partial charge >= 0.3 is 0 Å². The number of nitrogens with zero attached hydrogens (tertiary/aromatic N) is 1. The molecule has 1 rings (SSSR count). The summed E-state index contributed by atoms with van der Waals surface area (Å²) in [5.74, 6) is 0.738. The molecule has 0 saturated carbocycles. The molecule has 0 aromatic heterocycles. The highest BCUT2D eigenvalue weighted by molar-refractivity contribution is 5.15. The molecule has 0 aliphatic heterocycles. The van der Waals surface area contributed by atoms with Crippen LogP contribution < -0.4 is 0 Å². The lowest BCUT2D eigenvalue weighted by atomic mass is 10.0. The van der Waals surface area contributed by atoms with E-state index in [0.717, 1.165) is 12.5 Å². The van der Waals surface area contributed by atoms with E-state index in [0.29, 0.717) is 0 Å². The van der Waals surface area contributed by atoms with Crippen molar-refractivity contribution >= 4 is 0 Å². The van der Waals surface area contributed by atoms with Crippen LogP contribution in [0, 0.1) is 5.92 Å².